The Kier molecular flexibility index (Phi) is 3.09. The lowest BCUT2D eigenvalue weighted by atomic mass is 9.95. The van der Waals surface area contributed by atoms with E-state index in [2.05, 4.69) is 0 Å². The lowest BCUT2D eigenvalue weighted by Gasteiger charge is -2.30. The first kappa shape index (κ1) is 12.3. The SMILES string of the molecule is Oc1ccc(C2C[C@@H](O)c3ccccc3O2)cc1Cl. The zero-order valence-corrected chi connectivity index (χ0v) is 10.8. The number of aromatic hydroxyl groups is 1. The van der Waals surface area contributed by atoms with E-state index in [1.54, 1.807) is 12.1 Å². The highest BCUT2D eigenvalue weighted by Crippen LogP contribution is 2.41. The van der Waals surface area contributed by atoms with Crippen LogP contribution in [0.4, 0.5) is 0 Å². The number of fused-ring (bicyclic) bond motifs is 1. The summed E-state index contributed by atoms with van der Waals surface area (Å²) < 4.78 is 5.88. The first-order chi connectivity index (χ1) is 9.15. The standard InChI is InChI=1S/C15H13ClO3/c16-11-7-9(5-6-12(11)17)15-8-13(18)10-3-1-2-4-14(10)19-15/h1-7,13,15,17-18H,8H2/t13-,15?/m1/s1. The molecule has 0 amide bonds. The van der Waals surface area contributed by atoms with Gasteiger partial charge in [0.05, 0.1) is 11.1 Å². The van der Waals surface area contributed by atoms with Crippen molar-refractivity contribution in [3.05, 3.63) is 58.6 Å². The molecule has 0 saturated heterocycles. The van der Waals surface area contributed by atoms with Gasteiger partial charge in [0.2, 0.25) is 0 Å². The minimum Gasteiger partial charge on any atom is -0.506 e. The molecular weight excluding hydrogens is 264 g/mol. The second kappa shape index (κ2) is 4.76. The van der Waals surface area contributed by atoms with E-state index in [-0.39, 0.29) is 16.9 Å². The second-order valence-corrected chi connectivity index (χ2v) is 5.01. The van der Waals surface area contributed by atoms with E-state index in [1.807, 2.05) is 24.3 Å². The molecule has 2 aromatic rings. The van der Waals surface area contributed by atoms with E-state index in [1.165, 1.54) is 6.07 Å². The fraction of sp³-hybridized carbons (Fsp3) is 0.200. The predicted molar refractivity (Wildman–Crippen MR) is 72.5 cm³/mol. The molecule has 1 aliphatic rings. The maximum atomic E-state index is 10.2. The topological polar surface area (TPSA) is 49.7 Å². The molecule has 2 aromatic carbocycles. The molecule has 0 aliphatic carbocycles. The van der Waals surface area contributed by atoms with E-state index >= 15 is 0 Å². The zero-order valence-electron chi connectivity index (χ0n) is 10.1. The summed E-state index contributed by atoms with van der Waals surface area (Å²) in [6.45, 7) is 0. The van der Waals surface area contributed by atoms with Gasteiger partial charge in [-0.3, -0.25) is 0 Å². The number of para-hydroxylation sites is 1. The molecule has 0 bridgehead atoms. The number of halogens is 1. The van der Waals surface area contributed by atoms with Crippen LogP contribution in [0.15, 0.2) is 42.5 Å². The average molecular weight is 277 g/mol. The Labute approximate surface area is 116 Å². The molecule has 2 atom stereocenters. The van der Waals surface area contributed by atoms with E-state index < -0.39 is 6.10 Å². The van der Waals surface area contributed by atoms with Gasteiger partial charge in [-0.2, -0.15) is 0 Å². The van der Waals surface area contributed by atoms with Gasteiger partial charge < -0.3 is 14.9 Å². The molecule has 0 fully saturated rings. The van der Waals surface area contributed by atoms with E-state index in [4.69, 9.17) is 16.3 Å². The summed E-state index contributed by atoms with van der Waals surface area (Å²) in [5.41, 5.74) is 1.65. The highest BCUT2D eigenvalue weighted by Gasteiger charge is 2.27. The van der Waals surface area contributed by atoms with Crippen molar-refractivity contribution < 1.29 is 14.9 Å². The Morgan fingerprint density at radius 3 is 2.74 bits per heavy atom. The van der Waals surface area contributed by atoms with Gasteiger partial charge in [0, 0.05) is 12.0 Å². The van der Waals surface area contributed by atoms with Crippen LogP contribution in [0, 0.1) is 0 Å². The maximum absolute atomic E-state index is 10.2. The monoisotopic (exact) mass is 276 g/mol. The van der Waals surface area contributed by atoms with E-state index in [9.17, 15) is 10.2 Å². The summed E-state index contributed by atoms with van der Waals surface area (Å²) in [6.07, 6.45) is -0.344. The lowest BCUT2D eigenvalue weighted by molar-refractivity contribution is 0.0657. The molecule has 1 heterocycles. The number of benzene rings is 2. The highest BCUT2D eigenvalue weighted by atomic mass is 35.5. The fourth-order valence-electron chi connectivity index (χ4n) is 2.32. The minimum absolute atomic E-state index is 0.0437. The molecule has 0 saturated carbocycles. The van der Waals surface area contributed by atoms with Crippen LogP contribution < -0.4 is 4.74 Å². The summed E-state index contributed by atoms with van der Waals surface area (Å²) in [5.74, 6) is 0.734. The average Bonchev–Trinajstić information content (AvgIpc) is 2.42. The third-order valence-electron chi connectivity index (χ3n) is 3.33. The number of aliphatic hydroxyl groups is 1. The largest absolute Gasteiger partial charge is 0.506 e. The summed E-state index contributed by atoms with van der Waals surface area (Å²) in [5, 5.41) is 19.9. The molecule has 3 rings (SSSR count). The van der Waals surface area contributed by atoms with Gasteiger partial charge in [-0.15, -0.1) is 0 Å². The number of aliphatic hydroxyl groups excluding tert-OH is 1. The molecule has 1 unspecified atom stereocenters. The van der Waals surface area contributed by atoms with Crippen LogP contribution in [-0.4, -0.2) is 10.2 Å². The molecule has 4 heteroatoms. The number of phenols is 1. The summed E-state index contributed by atoms with van der Waals surface area (Å²) >= 11 is 5.90. The molecular formula is C15H13ClO3. The Hall–Kier alpha value is -1.71. The highest BCUT2D eigenvalue weighted by molar-refractivity contribution is 6.32. The van der Waals surface area contributed by atoms with Gasteiger partial charge in [-0.25, -0.2) is 0 Å². The minimum atomic E-state index is -0.553. The summed E-state index contributed by atoms with van der Waals surface area (Å²) in [6, 6.07) is 12.4. The zero-order chi connectivity index (χ0) is 13.4. The molecule has 0 radical (unpaired) electrons. The van der Waals surface area contributed by atoms with Crippen LogP contribution in [-0.2, 0) is 0 Å². The van der Waals surface area contributed by atoms with Crippen LogP contribution in [0.5, 0.6) is 11.5 Å². The summed E-state index contributed by atoms with van der Waals surface area (Å²) in [7, 11) is 0. The van der Waals surface area contributed by atoms with Crippen molar-refractivity contribution in [2.45, 2.75) is 18.6 Å². The van der Waals surface area contributed by atoms with Gasteiger partial charge in [-0.1, -0.05) is 35.9 Å². The number of rotatable bonds is 1. The van der Waals surface area contributed by atoms with E-state index in [0.717, 1.165) is 11.1 Å². The third kappa shape index (κ3) is 2.27. The van der Waals surface area contributed by atoms with Crippen molar-refractivity contribution in [1.82, 2.24) is 0 Å². The molecule has 0 aromatic heterocycles. The Bertz CT molecular complexity index is 612. The lowest BCUT2D eigenvalue weighted by Crippen LogP contribution is -2.18. The Morgan fingerprint density at radius 2 is 1.95 bits per heavy atom. The molecule has 0 spiro atoms. The van der Waals surface area contributed by atoms with Crippen LogP contribution in [0.2, 0.25) is 5.02 Å². The van der Waals surface area contributed by atoms with Gasteiger partial charge in [-0.05, 0) is 23.8 Å². The molecule has 1 aliphatic heterocycles. The number of ether oxygens (including phenoxy) is 1. The van der Waals surface area contributed by atoms with E-state index in [0.29, 0.717) is 12.2 Å². The van der Waals surface area contributed by atoms with Crippen LogP contribution in [0.3, 0.4) is 0 Å². The maximum Gasteiger partial charge on any atom is 0.134 e. The fourth-order valence-corrected chi connectivity index (χ4v) is 2.51. The van der Waals surface area contributed by atoms with Gasteiger partial charge in [0.1, 0.15) is 17.6 Å². The molecule has 19 heavy (non-hydrogen) atoms. The normalized spacial score (nSPS) is 21.6. The number of phenolic OH excluding ortho intramolecular Hbond substituents is 1. The first-order valence-electron chi connectivity index (χ1n) is 6.07. The molecule has 98 valence electrons. The van der Waals surface area contributed by atoms with Gasteiger partial charge >= 0.3 is 0 Å². The predicted octanol–water partition coefficient (Wildman–Crippen LogP) is 3.60. The van der Waals surface area contributed by atoms with Gasteiger partial charge in [0.15, 0.2) is 0 Å². The van der Waals surface area contributed by atoms with Crippen molar-refractivity contribution >= 4 is 11.6 Å². The van der Waals surface area contributed by atoms with Crippen LogP contribution in [0.1, 0.15) is 29.8 Å². The second-order valence-electron chi connectivity index (χ2n) is 4.61. The third-order valence-corrected chi connectivity index (χ3v) is 3.63. The summed E-state index contributed by atoms with van der Waals surface area (Å²) in [4.78, 5) is 0. The van der Waals surface area contributed by atoms with Crippen molar-refractivity contribution in [1.29, 1.82) is 0 Å². The van der Waals surface area contributed by atoms with Crippen molar-refractivity contribution in [2.24, 2.45) is 0 Å². The first-order valence-corrected chi connectivity index (χ1v) is 6.45. The van der Waals surface area contributed by atoms with Gasteiger partial charge in [0.25, 0.3) is 0 Å². The number of hydrogen-bond acceptors (Lipinski definition) is 3. The Morgan fingerprint density at radius 1 is 1.16 bits per heavy atom. The molecule has 2 N–H and O–H groups in total. The van der Waals surface area contributed by atoms with Crippen molar-refractivity contribution in [3.8, 4) is 11.5 Å². The number of hydrogen-bond donors (Lipinski definition) is 2. The molecule has 3 nitrogen and oxygen atoms in total. The van der Waals surface area contributed by atoms with Crippen LogP contribution in [0.25, 0.3) is 0 Å². The Balaban J connectivity index is 1.94. The van der Waals surface area contributed by atoms with Crippen molar-refractivity contribution in [2.75, 3.05) is 0 Å². The quantitative estimate of drug-likeness (QED) is 0.837. The smallest absolute Gasteiger partial charge is 0.134 e. The van der Waals surface area contributed by atoms with Crippen molar-refractivity contribution in [3.63, 3.8) is 0 Å². The van der Waals surface area contributed by atoms with Crippen LogP contribution >= 0.6 is 11.6 Å².